The normalized spacial score (nSPS) is 7.00. The van der Waals surface area contributed by atoms with E-state index in [1.165, 1.54) is 0 Å². The van der Waals surface area contributed by atoms with E-state index in [1.54, 1.807) is 0 Å². The van der Waals surface area contributed by atoms with Gasteiger partial charge in [0, 0.05) is 9.17 Å². The average molecular weight is 293 g/mol. The first-order valence-corrected chi connectivity index (χ1v) is 5.20. The standard InChI is InChI=1S/2Li.O3Si.4O.Ti.Zr/c;;1-4(2)3;;;;;;/q2*+1;-2;4*-1;;+4. The second-order valence-electron chi connectivity index (χ2n) is 0.750. The maximum atomic E-state index is 8.62. The minimum Gasteiger partial charge on any atom is 4.00 e. The largest absolute Gasteiger partial charge is 4.00 e. The minimum absolute atomic E-state index is 0. The Bertz CT molecular complexity index is 83.9. The van der Waals surface area contributed by atoms with Crippen molar-refractivity contribution in [2.45, 2.75) is 0 Å². The van der Waals surface area contributed by atoms with Gasteiger partial charge in [-0.1, -0.05) is 0 Å². The van der Waals surface area contributed by atoms with Gasteiger partial charge < -0.3 is 14.1 Å². The molecule has 0 aliphatic rings. The Hall–Kier alpha value is 2.25. The zero-order chi connectivity index (χ0) is 8.08. The summed E-state index contributed by atoms with van der Waals surface area (Å²) in [5.74, 6) is 0. The van der Waals surface area contributed by atoms with Crippen LogP contribution in [0.15, 0.2) is 0 Å². The Morgan fingerprint density at radius 1 is 0.917 bits per heavy atom. The van der Waals surface area contributed by atoms with Crippen LogP contribution in [-0.2, 0) is 48.8 Å². The van der Waals surface area contributed by atoms with Gasteiger partial charge in [0.25, 0.3) is 0 Å². The van der Waals surface area contributed by atoms with Crippen molar-refractivity contribution < 1.29 is 111 Å². The van der Waals surface area contributed by atoms with Crippen LogP contribution in [0.25, 0.3) is 0 Å². The van der Waals surface area contributed by atoms with Gasteiger partial charge >= 0.3 is 96.8 Å². The van der Waals surface area contributed by atoms with E-state index < -0.39 is 27.3 Å². The van der Waals surface area contributed by atoms with E-state index in [-0.39, 0.29) is 63.9 Å². The van der Waals surface area contributed by atoms with Gasteiger partial charge in [0.15, 0.2) is 0 Å². The predicted octanol–water partition coefficient (Wildman–Crippen LogP) is -13.6. The van der Waals surface area contributed by atoms with Crippen LogP contribution >= 0.6 is 0 Å². The Balaban J connectivity index is -0.0000000221. The van der Waals surface area contributed by atoms with Crippen LogP contribution in [0.3, 0.4) is 0 Å². The van der Waals surface area contributed by atoms with Gasteiger partial charge in [0.1, 0.15) is 0 Å². The molecule has 0 aliphatic heterocycles. The summed E-state index contributed by atoms with van der Waals surface area (Å²) >= 11 is -6.00. The topological polar surface area (TPSA) is 155 Å². The van der Waals surface area contributed by atoms with E-state index in [0.29, 0.717) is 0 Å². The summed E-state index contributed by atoms with van der Waals surface area (Å²) < 4.78 is 43.0. The maximum Gasteiger partial charge on any atom is 4.00 e. The molecule has 0 aromatic heterocycles. The van der Waals surface area contributed by atoms with Gasteiger partial charge in [0.05, 0.1) is 0 Å². The van der Waals surface area contributed by atoms with Gasteiger partial charge in [-0.15, -0.1) is 0 Å². The number of rotatable bonds is 0. The molecule has 12 heavy (non-hydrogen) atoms. The van der Waals surface area contributed by atoms with E-state index in [0.717, 1.165) is 0 Å². The smallest absolute Gasteiger partial charge is 4.00 e. The van der Waals surface area contributed by atoms with Crippen LogP contribution in [0.5, 0.6) is 0 Å². The first-order chi connectivity index (χ1) is 3.73. The van der Waals surface area contributed by atoms with Crippen molar-refractivity contribution in [3.05, 3.63) is 0 Å². The molecule has 56 valence electrons. The summed E-state index contributed by atoms with van der Waals surface area (Å²) in [4.78, 5) is 17.0. The molecule has 12 heteroatoms. The molecule has 0 saturated heterocycles. The molecule has 0 fully saturated rings. The molecule has 7 nitrogen and oxygen atoms in total. The zero-order valence-electron chi connectivity index (χ0n) is 6.36. The van der Waals surface area contributed by atoms with Gasteiger partial charge in [-0.2, -0.15) is 0 Å². The van der Waals surface area contributed by atoms with Gasteiger partial charge in [0.2, 0.25) is 0 Å². The molecule has 0 saturated carbocycles. The second-order valence-corrected chi connectivity index (χ2v) is 2.81. The summed E-state index contributed by atoms with van der Waals surface area (Å²) in [5.41, 5.74) is 0. The molecule has 0 bridgehead atoms. The molecule has 0 spiro atoms. The third-order valence-electron chi connectivity index (χ3n) is 0. The molecule has 0 aliphatic carbocycles. The van der Waals surface area contributed by atoms with Crippen LogP contribution in [0, 0.1) is 0 Å². The maximum absolute atomic E-state index is 8.62. The van der Waals surface area contributed by atoms with Gasteiger partial charge in [-0.25, -0.2) is 0 Å². The fourth-order valence-corrected chi connectivity index (χ4v) is 0. The first-order valence-electron chi connectivity index (χ1n) is 1.43. The Morgan fingerprint density at radius 2 is 0.917 bits per heavy atom. The van der Waals surface area contributed by atoms with E-state index >= 15 is 0 Å². The predicted molar refractivity (Wildman–Crippen MR) is 6.44 cm³/mol. The monoisotopic (exact) mass is 292 g/mol. The van der Waals surface area contributed by atoms with Crippen molar-refractivity contribution in [1.82, 2.24) is 0 Å². The van der Waals surface area contributed by atoms with Crippen LogP contribution in [0.4, 0.5) is 0 Å². The van der Waals surface area contributed by atoms with Gasteiger partial charge in [-0.3, -0.25) is 0 Å². The average Bonchev–Trinajstić information content (AvgIpc) is 1.19. The summed E-state index contributed by atoms with van der Waals surface area (Å²) in [6, 6.07) is 0. The molecule has 0 unspecified atom stereocenters. The quantitative estimate of drug-likeness (QED) is 0.401. The van der Waals surface area contributed by atoms with Crippen molar-refractivity contribution in [2.24, 2.45) is 0 Å². The van der Waals surface area contributed by atoms with Crippen molar-refractivity contribution in [3.63, 3.8) is 0 Å². The SMILES string of the molecule is O=[Si]([O-])[O-].[Li+].[Li+].[O-][Ti]([O-])([O-])[O-].[Zr+4]. The van der Waals surface area contributed by atoms with Crippen LogP contribution in [-0.4, -0.2) is 9.17 Å². The van der Waals surface area contributed by atoms with Crippen molar-refractivity contribution >= 4 is 9.17 Å². The Morgan fingerprint density at radius 3 is 0.917 bits per heavy atom. The van der Waals surface area contributed by atoms with Crippen LogP contribution in [0.2, 0.25) is 0 Å². The summed E-state index contributed by atoms with van der Waals surface area (Å²) in [7, 11) is -3.63. The van der Waals surface area contributed by atoms with E-state index in [9.17, 15) is 0 Å². The fourth-order valence-electron chi connectivity index (χ4n) is 0. The molecule has 0 rings (SSSR count). The molecule has 0 atom stereocenters. The number of hydrogen-bond donors (Lipinski definition) is 0. The first kappa shape index (κ1) is 29.2. The van der Waals surface area contributed by atoms with E-state index in [2.05, 4.69) is 0 Å². The van der Waals surface area contributed by atoms with E-state index in [4.69, 9.17) is 28.8 Å². The minimum atomic E-state index is -6.00. The Labute approximate surface area is 118 Å². The molecule has 0 radical (unpaired) electrons. The van der Waals surface area contributed by atoms with Crippen molar-refractivity contribution in [3.8, 4) is 0 Å². The molecule has 0 amide bonds. The Kier molecular flexibility index (Phi) is 38.3. The molecule has 0 aromatic carbocycles. The van der Waals surface area contributed by atoms with Gasteiger partial charge in [-0.05, 0) is 0 Å². The second kappa shape index (κ2) is 15.7. The van der Waals surface area contributed by atoms with Crippen molar-refractivity contribution in [2.75, 3.05) is 0 Å². The third-order valence-corrected chi connectivity index (χ3v) is 0. The fraction of sp³-hybridized carbons (Fsp3) is 0. The number of hydrogen-bond acceptors (Lipinski definition) is 7. The van der Waals surface area contributed by atoms with Crippen molar-refractivity contribution in [1.29, 1.82) is 0 Å². The van der Waals surface area contributed by atoms with Crippen LogP contribution < -0.4 is 62.1 Å². The molecule has 0 heterocycles. The van der Waals surface area contributed by atoms with Crippen LogP contribution in [0.1, 0.15) is 0 Å². The summed E-state index contributed by atoms with van der Waals surface area (Å²) in [6.07, 6.45) is 0. The molecular weight excluding hydrogens is 293 g/mol. The molecule has 0 N–H and O–H groups in total. The van der Waals surface area contributed by atoms with E-state index in [1.807, 2.05) is 0 Å². The zero-order valence-corrected chi connectivity index (χ0v) is 11.4. The summed E-state index contributed by atoms with van der Waals surface area (Å²) in [5, 5.41) is 0. The summed E-state index contributed by atoms with van der Waals surface area (Å²) in [6.45, 7) is 0. The third kappa shape index (κ3) is 306. The molecular formula is Li2O7SiTiZr. The molecule has 0 aromatic rings.